The molecule has 0 aromatic heterocycles. The minimum absolute atomic E-state index is 0.184. The normalized spacial score (nSPS) is 21.7. The van der Waals surface area contributed by atoms with Crippen LogP contribution in [0.2, 0.25) is 0 Å². The van der Waals surface area contributed by atoms with Crippen LogP contribution in [0.5, 0.6) is 0 Å². The van der Waals surface area contributed by atoms with Gasteiger partial charge in [-0.25, -0.2) is 0 Å². The van der Waals surface area contributed by atoms with Crippen LogP contribution in [0.4, 0.5) is 0 Å². The van der Waals surface area contributed by atoms with Crippen LogP contribution in [0.1, 0.15) is 46.7 Å². The van der Waals surface area contributed by atoms with Crippen LogP contribution in [-0.2, 0) is 25.7 Å². The number of fused-ring (bicyclic) bond motifs is 2. The molecule has 2 aromatic carbocycles. The molecule has 0 saturated heterocycles. The maximum Gasteiger partial charge on any atom is 0.0326 e. The molecule has 4 rings (SSSR count). The Morgan fingerprint density at radius 3 is 2.52 bits per heavy atom. The number of benzene rings is 2. The highest BCUT2D eigenvalue weighted by Crippen LogP contribution is 2.34. The van der Waals surface area contributed by atoms with Gasteiger partial charge in [-0.1, -0.05) is 42.5 Å². The number of rotatable bonds is 2. The summed E-state index contributed by atoms with van der Waals surface area (Å²) in [5.74, 6) is 0.583. The number of hydrogen-bond donors (Lipinski definition) is 1. The lowest BCUT2D eigenvalue weighted by molar-refractivity contribution is 0.382. The number of aryl methyl sites for hydroxylation is 3. The first-order valence-electron chi connectivity index (χ1n) is 8.25. The second kappa shape index (κ2) is 5.31. The zero-order valence-corrected chi connectivity index (χ0v) is 12.5. The van der Waals surface area contributed by atoms with Crippen molar-refractivity contribution in [2.45, 2.75) is 44.6 Å². The molecule has 2 aliphatic rings. The number of hydrogen-bond acceptors (Lipinski definition) is 1. The van der Waals surface area contributed by atoms with Gasteiger partial charge in [-0.05, 0) is 72.3 Å². The highest BCUT2D eigenvalue weighted by molar-refractivity contribution is 5.37. The molecule has 2 atom stereocenters. The van der Waals surface area contributed by atoms with E-state index in [1.165, 1.54) is 48.8 Å². The van der Waals surface area contributed by atoms with Gasteiger partial charge in [0.2, 0.25) is 0 Å². The van der Waals surface area contributed by atoms with Crippen LogP contribution in [0, 0.1) is 5.92 Å². The van der Waals surface area contributed by atoms with E-state index in [0.717, 1.165) is 6.42 Å². The molecule has 1 heteroatoms. The third-order valence-corrected chi connectivity index (χ3v) is 5.40. The van der Waals surface area contributed by atoms with Crippen molar-refractivity contribution in [2.24, 2.45) is 11.7 Å². The maximum absolute atomic E-state index is 6.62. The van der Waals surface area contributed by atoms with E-state index in [2.05, 4.69) is 42.5 Å². The van der Waals surface area contributed by atoms with Crippen LogP contribution < -0.4 is 5.73 Å². The van der Waals surface area contributed by atoms with Gasteiger partial charge in [0.25, 0.3) is 0 Å². The molecular formula is C20H23N. The van der Waals surface area contributed by atoms with Gasteiger partial charge in [-0.3, -0.25) is 0 Å². The highest BCUT2D eigenvalue weighted by Gasteiger charge is 2.25. The van der Waals surface area contributed by atoms with E-state index in [1.807, 2.05) is 0 Å². The average Bonchev–Trinajstić information content (AvgIpc) is 3.01. The van der Waals surface area contributed by atoms with E-state index >= 15 is 0 Å². The lowest BCUT2D eigenvalue weighted by atomic mass is 9.78. The van der Waals surface area contributed by atoms with E-state index in [4.69, 9.17) is 5.73 Å². The topological polar surface area (TPSA) is 26.0 Å². The van der Waals surface area contributed by atoms with Crippen molar-refractivity contribution in [1.82, 2.24) is 0 Å². The van der Waals surface area contributed by atoms with Gasteiger partial charge in [-0.2, -0.15) is 0 Å². The smallest absolute Gasteiger partial charge is 0.0326 e. The summed E-state index contributed by atoms with van der Waals surface area (Å²) in [6.07, 6.45) is 7.33. The molecule has 0 aliphatic heterocycles. The summed E-state index contributed by atoms with van der Waals surface area (Å²) in [6.45, 7) is 0. The summed E-state index contributed by atoms with van der Waals surface area (Å²) in [6, 6.07) is 16.0. The Morgan fingerprint density at radius 2 is 1.62 bits per heavy atom. The van der Waals surface area contributed by atoms with Gasteiger partial charge in [0.05, 0.1) is 0 Å². The molecule has 0 radical (unpaired) electrons. The molecule has 2 unspecified atom stereocenters. The summed E-state index contributed by atoms with van der Waals surface area (Å²) < 4.78 is 0. The Bertz CT molecular complexity index is 659. The van der Waals surface area contributed by atoms with E-state index in [9.17, 15) is 0 Å². The third-order valence-electron chi connectivity index (χ3n) is 5.40. The van der Waals surface area contributed by atoms with Crippen LogP contribution >= 0.6 is 0 Å². The Morgan fingerprint density at radius 1 is 0.857 bits per heavy atom. The Labute approximate surface area is 127 Å². The molecule has 0 saturated carbocycles. The average molecular weight is 277 g/mol. The quantitative estimate of drug-likeness (QED) is 0.883. The van der Waals surface area contributed by atoms with E-state index in [-0.39, 0.29) is 6.04 Å². The molecule has 2 aliphatic carbocycles. The highest BCUT2D eigenvalue weighted by atomic mass is 14.7. The second-order valence-corrected chi connectivity index (χ2v) is 6.68. The monoisotopic (exact) mass is 277 g/mol. The summed E-state index contributed by atoms with van der Waals surface area (Å²) in [5, 5.41) is 0. The molecule has 108 valence electrons. The van der Waals surface area contributed by atoms with Crippen molar-refractivity contribution < 1.29 is 0 Å². The predicted molar refractivity (Wildman–Crippen MR) is 87.4 cm³/mol. The molecule has 0 spiro atoms. The zero-order chi connectivity index (χ0) is 14.2. The predicted octanol–water partition coefficient (Wildman–Crippen LogP) is 3.98. The number of nitrogens with two attached hydrogens (primary N) is 1. The molecule has 2 N–H and O–H groups in total. The van der Waals surface area contributed by atoms with Crippen molar-refractivity contribution in [1.29, 1.82) is 0 Å². The van der Waals surface area contributed by atoms with Gasteiger partial charge in [0, 0.05) is 6.04 Å². The summed E-state index contributed by atoms with van der Waals surface area (Å²) >= 11 is 0. The van der Waals surface area contributed by atoms with Gasteiger partial charge in [-0.15, -0.1) is 0 Å². The van der Waals surface area contributed by atoms with E-state index in [0.29, 0.717) is 5.92 Å². The standard InChI is InChI=1S/C20H23N/c21-20(19-11-9-15-6-3-7-17(15)13-19)18-10-8-14-4-1-2-5-16(14)12-18/h1-2,4-5,9,11,13,18,20H,3,6-8,10,12,21H2. The van der Waals surface area contributed by atoms with Crippen LogP contribution in [-0.4, -0.2) is 0 Å². The SMILES string of the molecule is NC(c1ccc2c(c1)CCC2)C1CCc2ccccc2C1. The molecule has 0 amide bonds. The first-order chi connectivity index (χ1) is 10.3. The van der Waals surface area contributed by atoms with Gasteiger partial charge in [0.15, 0.2) is 0 Å². The van der Waals surface area contributed by atoms with E-state index in [1.54, 1.807) is 11.1 Å². The maximum atomic E-state index is 6.62. The molecule has 0 fully saturated rings. The van der Waals surface area contributed by atoms with Crippen molar-refractivity contribution >= 4 is 0 Å². The fraction of sp³-hybridized carbons (Fsp3) is 0.400. The molecule has 21 heavy (non-hydrogen) atoms. The van der Waals surface area contributed by atoms with Gasteiger partial charge < -0.3 is 5.73 Å². The fourth-order valence-corrected chi connectivity index (χ4v) is 4.10. The van der Waals surface area contributed by atoms with Crippen LogP contribution in [0.15, 0.2) is 42.5 Å². The first-order valence-corrected chi connectivity index (χ1v) is 8.25. The zero-order valence-electron chi connectivity index (χ0n) is 12.5. The largest absolute Gasteiger partial charge is 0.324 e. The Hall–Kier alpha value is -1.60. The fourth-order valence-electron chi connectivity index (χ4n) is 4.10. The van der Waals surface area contributed by atoms with E-state index < -0.39 is 0 Å². The van der Waals surface area contributed by atoms with Crippen LogP contribution in [0.25, 0.3) is 0 Å². The first kappa shape index (κ1) is 13.1. The molecule has 2 aromatic rings. The molecular weight excluding hydrogens is 254 g/mol. The summed E-state index contributed by atoms with van der Waals surface area (Å²) in [4.78, 5) is 0. The van der Waals surface area contributed by atoms with Crippen molar-refractivity contribution in [2.75, 3.05) is 0 Å². The minimum Gasteiger partial charge on any atom is -0.324 e. The van der Waals surface area contributed by atoms with Crippen LogP contribution in [0.3, 0.4) is 0 Å². The molecule has 1 nitrogen and oxygen atoms in total. The molecule has 0 heterocycles. The van der Waals surface area contributed by atoms with Gasteiger partial charge in [0.1, 0.15) is 0 Å². The molecule has 0 bridgehead atoms. The summed E-state index contributed by atoms with van der Waals surface area (Å²) in [5.41, 5.74) is 14.1. The van der Waals surface area contributed by atoms with Crippen molar-refractivity contribution in [3.05, 3.63) is 70.3 Å². The second-order valence-electron chi connectivity index (χ2n) is 6.68. The lowest BCUT2D eigenvalue weighted by Gasteiger charge is -2.30. The van der Waals surface area contributed by atoms with Crippen molar-refractivity contribution in [3.8, 4) is 0 Å². The van der Waals surface area contributed by atoms with Crippen molar-refractivity contribution in [3.63, 3.8) is 0 Å². The Kier molecular flexibility index (Phi) is 3.31. The minimum atomic E-state index is 0.184. The third kappa shape index (κ3) is 2.40. The lowest BCUT2D eigenvalue weighted by Crippen LogP contribution is -2.27. The Balaban J connectivity index is 1.57. The van der Waals surface area contributed by atoms with Gasteiger partial charge >= 0.3 is 0 Å². The summed E-state index contributed by atoms with van der Waals surface area (Å²) in [7, 11) is 0.